The summed E-state index contributed by atoms with van der Waals surface area (Å²) < 4.78 is 4.86. The molecular formula is C7H11NO4. The Morgan fingerprint density at radius 1 is 1.75 bits per heavy atom. The lowest BCUT2D eigenvalue weighted by Gasteiger charge is -2.36. The number of morpholine rings is 1. The summed E-state index contributed by atoms with van der Waals surface area (Å²) in [7, 11) is 0. The van der Waals surface area contributed by atoms with Gasteiger partial charge in [0.25, 0.3) is 0 Å². The first-order valence-corrected chi connectivity index (χ1v) is 3.59. The van der Waals surface area contributed by atoms with Gasteiger partial charge in [-0.05, 0) is 13.8 Å². The number of carboxylic acid groups (broad SMARTS) is 1. The highest BCUT2D eigenvalue weighted by Crippen LogP contribution is 2.16. The molecule has 1 atom stereocenters. The molecule has 0 aromatic heterocycles. The lowest BCUT2D eigenvalue weighted by Crippen LogP contribution is -2.61. The molecule has 0 aromatic rings. The summed E-state index contributed by atoms with van der Waals surface area (Å²) in [6, 6.07) is 0. The van der Waals surface area contributed by atoms with Crippen LogP contribution < -0.4 is 5.32 Å². The fourth-order valence-corrected chi connectivity index (χ4v) is 1.21. The molecule has 0 bridgehead atoms. The fourth-order valence-electron chi connectivity index (χ4n) is 1.21. The average molecular weight is 173 g/mol. The van der Waals surface area contributed by atoms with E-state index in [2.05, 4.69) is 5.32 Å². The summed E-state index contributed by atoms with van der Waals surface area (Å²) in [5, 5.41) is 11.2. The first kappa shape index (κ1) is 8.99. The van der Waals surface area contributed by atoms with Crippen molar-refractivity contribution in [2.45, 2.75) is 25.5 Å². The van der Waals surface area contributed by atoms with E-state index in [1.165, 1.54) is 0 Å². The largest absolute Gasteiger partial charge is 0.479 e. The van der Waals surface area contributed by atoms with E-state index in [0.29, 0.717) is 0 Å². The van der Waals surface area contributed by atoms with Crippen molar-refractivity contribution in [1.82, 2.24) is 5.32 Å². The predicted octanol–water partition coefficient (Wildman–Crippen LogP) is -0.635. The van der Waals surface area contributed by atoms with Gasteiger partial charge in [0.2, 0.25) is 5.91 Å². The van der Waals surface area contributed by atoms with Crippen molar-refractivity contribution >= 4 is 11.9 Å². The SMILES string of the molecule is CC1(C)NC(=O)COC1C(=O)O. The number of amides is 1. The van der Waals surface area contributed by atoms with Crippen LogP contribution in [-0.2, 0) is 14.3 Å². The smallest absolute Gasteiger partial charge is 0.335 e. The van der Waals surface area contributed by atoms with Gasteiger partial charge in [-0.3, -0.25) is 4.79 Å². The van der Waals surface area contributed by atoms with Crippen LogP contribution >= 0.6 is 0 Å². The van der Waals surface area contributed by atoms with E-state index in [-0.39, 0.29) is 12.5 Å². The number of aliphatic carboxylic acids is 1. The number of hydrogen-bond acceptors (Lipinski definition) is 3. The highest BCUT2D eigenvalue weighted by molar-refractivity contribution is 5.83. The zero-order valence-electron chi connectivity index (χ0n) is 6.96. The Balaban J connectivity index is 2.77. The van der Waals surface area contributed by atoms with Gasteiger partial charge in [-0.2, -0.15) is 0 Å². The fraction of sp³-hybridized carbons (Fsp3) is 0.714. The molecule has 0 spiro atoms. The lowest BCUT2D eigenvalue weighted by molar-refractivity contribution is -0.164. The summed E-state index contributed by atoms with van der Waals surface area (Å²) in [6.45, 7) is 3.05. The highest BCUT2D eigenvalue weighted by atomic mass is 16.5. The third kappa shape index (κ3) is 1.55. The highest BCUT2D eigenvalue weighted by Gasteiger charge is 2.41. The quantitative estimate of drug-likeness (QED) is 0.553. The summed E-state index contributed by atoms with van der Waals surface area (Å²) in [6.07, 6.45) is -0.963. The summed E-state index contributed by atoms with van der Waals surface area (Å²) in [5.74, 6) is -1.34. The molecule has 1 aliphatic heterocycles. The minimum atomic E-state index is -1.06. The Hall–Kier alpha value is -1.10. The van der Waals surface area contributed by atoms with Gasteiger partial charge in [0.05, 0.1) is 5.54 Å². The Labute approximate surface area is 69.7 Å². The summed E-state index contributed by atoms with van der Waals surface area (Å²) in [5.41, 5.74) is -0.832. The van der Waals surface area contributed by atoms with Crippen LogP contribution in [-0.4, -0.2) is 35.2 Å². The van der Waals surface area contributed by atoms with Gasteiger partial charge >= 0.3 is 5.97 Å². The molecule has 2 N–H and O–H groups in total. The Kier molecular flexibility index (Phi) is 2.06. The van der Waals surface area contributed by atoms with Gasteiger partial charge < -0.3 is 15.2 Å². The maximum absolute atomic E-state index is 10.8. The van der Waals surface area contributed by atoms with Crippen molar-refractivity contribution in [3.8, 4) is 0 Å². The van der Waals surface area contributed by atoms with Gasteiger partial charge in [-0.15, -0.1) is 0 Å². The molecule has 68 valence electrons. The molecule has 1 rings (SSSR count). The molecule has 1 amide bonds. The molecule has 1 saturated heterocycles. The molecule has 0 radical (unpaired) electrons. The van der Waals surface area contributed by atoms with Gasteiger partial charge in [0, 0.05) is 0 Å². The number of rotatable bonds is 1. The van der Waals surface area contributed by atoms with Crippen molar-refractivity contribution in [3.05, 3.63) is 0 Å². The van der Waals surface area contributed by atoms with Crippen LogP contribution in [0.25, 0.3) is 0 Å². The van der Waals surface area contributed by atoms with E-state index in [0.717, 1.165) is 0 Å². The molecule has 12 heavy (non-hydrogen) atoms. The Morgan fingerprint density at radius 3 is 2.75 bits per heavy atom. The number of carbonyl (C=O) groups is 2. The summed E-state index contributed by atoms with van der Waals surface area (Å²) in [4.78, 5) is 21.4. The zero-order valence-corrected chi connectivity index (χ0v) is 6.96. The average Bonchev–Trinajstić information content (AvgIpc) is 1.82. The van der Waals surface area contributed by atoms with Crippen LogP contribution in [0.15, 0.2) is 0 Å². The second-order valence-corrected chi connectivity index (χ2v) is 3.30. The molecule has 1 unspecified atom stereocenters. The lowest BCUT2D eigenvalue weighted by atomic mass is 9.96. The number of carbonyl (C=O) groups excluding carboxylic acids is 1. The van der Waals surface area contributed by atoms with E-state index in [1.807, 2.05) is 0 Å². The first-order chi connectivity index (χ1) is 5.43. The number of carboxylic acids is 1. The number of nitrogens with one attached hydrogen (secondary N) is 1. The van der Waals surface area contributed by atoms with Crippen LogP contribution in [0.1, 0.15) is 13.8 Å². The van der Waals surface area contributed by atoms with Crippen LogP contribution in [0.4, 0.5) is 0 Å². The topological polar surface area (TPSA) is 75.6 Å². The number of hydrogen-bond donors (Lipinski definition) is 2. The normalized spacial score (nSPS) is 27.8. The molecule has 0 saturated carbocycles. The van der Waals surface area contributed by atoms with Crippen molar-refractivity contribution in [2.24, 2.45) is 0 Å². The molecule has 1 heterocycles. The number of ether oxygens (including phenoxy) is 1. The van der Waals surface area contributed by atoms with Crippen LogP contribution in [0.2, 0.25) is 0 Å². The van der Waals surface area contributed by atoms with Crippen molar-refractivity contribution in [2.75, 3.05) is 6.61 Å². The third-order valence-corrected chi connectivity index (χ3v) is 1.72. The molecule has 5 nitrogen and oxygen atoms in total. The monoisotopic (exact) mass is 173 g/mol. The zero-order chi connectivity index (χ0) is 9.35. The van der Waals surface area contributed by atoms with Crippen LogP contribution in [0, 0.1) is 0 Å². The Bertz CT molecular complexity index is 223. The van der Waals surface area contributed by atoms with E-state index in [1.54, 1.807) is 13.8 Å². The molecule has 0 aliphatic carbocycles. The maximum atomic E-state index is 10.8. The van der Waals surface area contributed by atoms with E-state index < -0.39 is 17.6 Å². The molecule has 0 aromatic carbocycles. The molecular weight excluding hydrogens is 162 g/mol. The van der Waals surface area contributed by atoms with Crippen molar-refractivity contribution < 1.29 is 19.4 Å². The maximum Gasteiger partial charge on any atom is 0.335 e. The Morgan fingerprint density at radius 2 is 2.33 bits per heavy atom. The molecule has 1 fully saturated rings. The molecule has 1 aliphatic rings. The van der Waals surface area contributed by atoms with E-state index in [9.17, 15) is 9.59 Å². The van der Waals surface area contributed by atoms with Gasteiger partial charge in [-0.25, -0.2) is 4.79 Å². The second kappa shape index (κ2) is 2.75. The van der Waals surface area contributed by atoms with Gasteiger partial charge in [0.1, 0.15) is 6.61 Å². The molecule has 5 heteroatoms. The van der Waals surface area contributed by atoms with Crippen LogP contribution in [0.5, 0.6) is 0 Å². The minimum absolute atomic E-state index is 0.180. The third-order valence-electron chi connectivity index (χ3n) is 1.72. The van der Waals surface area contributed by atoms with Crippen molar-refractivity contribution in [1.29, 1.82) is 0 Å². The first-order valence-electron chi connectivity index (χ1n) is 3.59. The minimum Gasteiger partial charge on any atom is -0.479 e. The van der Waals surface area contributed by atoms with E-state index >= 15 is 0 Å². The van der Waals surface area contributed by atoms with Crippen LogP contribution in [0.3, 0.4) is 0 Å². The van der Waals surface area contributed by atoms with Gasteiger partial charge in [-0.1, -0.05) is 0 Å². The predicted molar refractivity (Wildman–Crippen MR) is 39.6 cm³/mol. The van der Waals surface area contributed by atoms with E-state index in [4.69, 9.17) is 9.84 Å². The standard InChI is InChI=1S/C7H11NO4/c1-7(2)5(6(10)11)12-3-4(9)8-7/h5H,3H2,1-2H3,(H,8,9)(H,10,11). The van der Waals surface area contributed by atoms with Gasteiger partial charge in [0.15, 0.2) is 6.10 Å². The summed E-state index contributed by atoms with van der Waals surface area (Å²) >= 11 is 0. The second-order valence-electron chi connectivity index (χ2n) is 3.30. The van der Waals surface area contributed by atoms with Crippen molar-refractivity contribution in [3.63, 3.8) is 0 Å².